The summed E-state index contributed by atoms with van der Waals surface area (Å²) in [5.41, 5.74) is 7.84. The summed E-state index contributed by atoms with van der Waals surface area (Å²) in [5.74, 6) is -0.332. The van der Waals surface area contributed by atoms with Crippen LogP contribution in [0, 0.1) is 0 Å². The molecule has 2 aliphatic carbocycles. The monoisotopic (exact) mass is 332 g/mol. The van der Waals surface area contributed by atoms with Crippen LogP contribution in [0.25, 0.3) is 16.6 Å². The van der Waals surface area contributed by atoms with Gasteiger partial charge in [0.1, 0.15) is 0 Å². The highest BCUT2D eigenvalue weighted by Gasteiger charge is 2.24. The van der Waals surface area contributed by atoms with Gasteiger partial charge in [0, 0.05) is 5.39 Å². The first-order valence-corrected chi connectivity index (χ1v) is 8.99. The van der Waals surface area contributed by atoms with E-state index in [9.17, 15) is 4.79 Å². The Hall–Kier alpha value is -2.62. The number of carbonyl (C=O) groups excluding carboxylic acids is 1. The van der Waals surface area contributed by atoms with Gasteiger partial charge in [0.15, 0.2) is 5.69 Å². The minimum Gasteiger partial charge on any atom is -0.464 e. The van der Waals surface area contributed by atoms with Crippen LogP contribution < -0.4 is 0 Å². The zero-order chi connectivity index (χ0) is 17.0. The minimum absolute atomic E-state index is 0.332. The molecule has 25 heavy (non-hydrogen) atoms. The van der Waals surface area contributed by atoms with E-state index in [1.807, 2.05) is 0 Å². The van der Waals surface area contributed by atoms with Crippen molar-refractivity contribution < 1.29 is 9.53 Å². The van der Waals surface area contributed by atoms with Crippen LogP contribution in [0.5, 0.6) is 0 Å². The van der Waals surface area contributed by atoms with Crippen molar-refractivity contribution in [1.29, 1.82) is 0 Å². The number of ether oxygens (including phenoxy) is 1. The quantitative estimate of drug-likeness (QED) is 0.671. The lowest BCUT2D eigenvalue weighted by atomic mass is 10.1. The number of rotatable bonds is 2. The molecule has 0 radical (unpaired) electrons. The van der Waals surface area contributed by atoms with Crippen molar-refractivity contribution in [3.05, 3.63) is 58.3 Å². The molecule has 0 unspecified atom stereocenters. The maximum Gasteiger partial charge on any atom is 0.357 e. The number of esters is 1. The Balaban J connectivity index is 1.75. The number of nitrogens with zero attached hydrogens (tertiary/aromatic N) is 2. The number of benzene rings is 2. The molecule has 1 heterocycles. The second kappa shape index (κ2) is 5.45. The summed E-state index contributed by atoms with van der Waals surface area (Å²) in [7, 11) is 1.43. The molecule has 0 saturated heterocycles. The standard InChI is InChI=1S/C21H20N2O2/c1-25-21(24)20-18-11-15-6-3-7-16(15)12-19(18)22-23(20)17-9-8-13-4-2-5-14(13)10-17/h8-12H,2-7H2,1H3. The van der Waals surface area contributed by atoms with Crippen LogP contribution in [0.2, 0.25) is 0 Å². The highest BCUT2D eigenvalue weighted by molar-refractivity contribution is 6.03. The van der Waals surface area contributed by atoms with Crippen LogP contribution in [0.15, 0.2) is 30.3 Å². The first kappa shape index (κ1) is 14.7. The van der Waals surface area contributed by atoms with Crippen LogP contribution in [0.4, 0.5) is 0 Å². The third-order valence-electron chi connectivity index (χ3n) is 5.59. The highest BCUT2D eigenvalue weighted by atomic mass is 16.5. The van der Waals surface area contributed by atoms with Crippen molar-refractivity contribution in [2.24, 2.45) is 0 Å². The molecule has 1 aromatic heterocycles. The average molecular weight is 332 g/mol. The SMILES string of the molecule is COC(=O)c1c2cc3c(cc2nn1-c1ccc2c(c1)CCC2)CCC3. The molecule has 0 atom stereocenters. The smallest absolute Gasteiger partial charge is 0.357 e. The number of aryl methyl sites for hydroxylation is 4. The van der Waals surface area contributed by atoms with Crippen molar-refractivity contribution in [1.82, 2.24) is 9.78 Å². The number of aromatic nitrogens is 2. The Labute approximate surface area is 146 Å². The molecule has 4 heteroatoms. The Kier molecular flexibility index (Phi) is 3.20. The molecule has 4 nitrogen and oxygen atoms in total. The minimum atomic E-state index is -0.332. The number of carbonyl (C=O) groups is 1. The van der Waals surface area contributed by atoms with E-state index in [1.54, 1.807) is 4.68 Å². The van der Waals surface area contributed by atoms with Gasteiger partial charge in [-0.15, -0.1) is 0 Å². The molecule has 0 N–H and O–H groups in total. The first-order chi connectivity index (χ1) is 12.2. The normalized spacial score (nSPS) is 15.4. The highest BCUT2D eigenvalue weighted by Crippen LogP contribution is 2.31. The van der Waals surface area contributed by atoms with Gasteiger partial charge in [0.2, 0.25) is 0 Å². The van der Waals surface area contributed by atoms with Crippen LogP contribution in [-0.4, -0.2) is 22.9 Å². The van der Waals surface area contributed by atoms with Crippen molar-refractivity contribution >= 4 is 16.9 Å². The number of hydrogen-bond donors (Lipinski definition) is 0. The van der Waals surface area contributed by atoms with Crippen molar-refractivity contribution in [3.63, 3.8) is 0 Å². The van der Waals surface area contributed by atoms with Gasteiger partial charge in [0.25, 0.3) is 0 Å². The summed E-state index contributed by atoms with van der Waals surface area (Å²) in [6.07, 6.45) is 6.82. The Morgan fingerprint density at radius 3 is 2.40 bits per heavy atom. The zero-order valence-electron chi connectivity index (χ0n) is 14.3. The van der Waals surface area contributed by atoms with E-state index in [2.05, 4.69) is 30.3 Å². The molecule has 0 amide bonds. The average Bonchev–Trinajstić information content (AvgIpc) is 3.35. The molecule has 0 aliphatic heterocycles. The summed E-state index contributed by atoms with van der Waals surface area (Å²) in [5, 5.41) is 5.67. The van der Waals surface area contributed by atoms with Gasteiger partial charge in [-0.25, -0.2) is 9.48 Å². The van der Waals surface area contributed by atoms with Gasteiger partial charge in [-0.2, -0.15) is 5.10 Å². The van der Waals surface area contributed by atoms with E-state index in [0.717, 1.165) is 42.3 Å². The van der Waals surface area contributed by atoms with Crippen molar-refractivity contribution in [2.45, 2.75) is 38.5 Å². The van der Waals surface area contributed by atoms with Gasteiger partial charge in [0.05, 0.1) is 18.3 Å². The zero-order valence-corrected chi connectivity index (χ0v) is 14.3. The van der Waals surface area contributed by atoms with E-state index >= 15 is 0 Å². The molecule has 2 aromatic carbocycles. The fourth-order valence-corrected chi connectivity index (χ4v) is 4.33. The topological polar surface area (TPSA) is 44.1 Å². The van der Waals surface area contributed by atoms with E-state index in [-0.39, 0.29) is 5.97 Å². The van der Waals surface area contributed by atoms with Crippen LogP contribution in [-0.2, 0) is 30.4 Å². The molecule has 0 fully saturated rings. The fraction of sp³-hybridized carbons (Fsp3) is 0.333. The number of methoxy groups -OCH3 is 1. The van der Waals surface area contributed by atoms with Gasteiger partial charge in [-0.3, -0.25) is 0 Å². The first-order valence-electron chi connectivity index (χ1n) is 8.99. The van der Waals surface area contributed by atoms with Crippen LogP contribution in [0.3, 0.4) is 0 Å². The van der Waals surface area contributed by atoms with E-state index in [1.165, 1.54) is 42.2 Å². The number of fused-ring (bicyclic) bond motifs is 3. The van der Waals surface area contributed by atoms with E-state index < -0.39 is 0 Å². The molecule has 3 aromatic rings. The second-order valence-electron chi connectivity index (χ2n) is 7.05. The maximum atomic E-state index is 12.5. The third-order valence-corrected chi connectivity index (χ3v) is 5.59. The summed E-state index contributed by atoms with van der Waals surface area (Å²) >= 11 is 0. The van der Waals surface area contributed by atoms with Crippen LogP contribution >= 0.6 is 0 Å². The molecular formula is C21H20N2O2. The second-order valence-corrected chi connectivity index (χ2v) is 7.05. The molecule has 5 rings (SSSR count). The van der Waals surface area contributed by atoms with Crippen LogP contribution in [0.1, 0.15) is 45.6 Å². The summed E-state index contributed by atoms with van der Waals surface area (Å²) < 4.78 is 6.85. The van der Waals surface area contributed by atoms with Gasteiger partial charge in [-0.05, 0) is 85.0 Å². The van der Waals surface area contributed by atoms with E-state index in [0.29, 0.717) is 5.69 Å². The summed E-state index contributed by atoms with van der Waals surface area (Å²) in [6.45, 7) is 0. The third kappa shape index (κ3) is 2.20. The summed E-state index contributed by atoms with van der Waals surface area (Å²) in [6, 6.07) is 10.7. The van der Waals surface area contributed by atoms with Gasteiger partial charge >= 0.3 is 5.97 Å². The van der Waals surface area contributed by atoms with Gasteiger partial charge < -0.3 is 4.74 Å². The Bertz CT molecular complexity index is 1020. The summed E-state index contributed by atoms with van der Waals surface area (Å²) in [4.78, 5) is 12.5. The maximum absolute atomic E-state index is 12.5. The lowest BCUT2D eigenvalue weighted by molar-refractivity contribution is 0.0592. The lowest BCUT2D eigenvalue weighted by Crippen LogP contribution is -2.11. The molecule has 0 spiro atoms. The lowest BCUT2D eigenvalue weighted by Gasteiger charge is -2.08. The Morgan fingerprint density at radius 2 is 1.64 bits per heavy atom. The van der Waals surface area contributed by atoms with Gasteiger partial charge in [-0.1, -0.05) is 6.07 Å². The molecule has 2 aliphatic rings. The molecular weight excluding hydrogens is 312 g/mol. The van der Waals surface area contributed by atoms with Crippen molar-refractivity contribution in [2.75, 3.05) is 7.11 Å². The molecule has 0 bridgehead atoms. The Morgan fingerprint density at radius 1 is 0.960 bits per heavy atom. The van der Waals surface area contributed by atoms with E-state index in [4.69, 9.17) is 9.84 Å². The van der Waals surface area contributed by atoms with Crippen molar-refractivity contribution in [3.8, 4) is 5.69 Å². The predicted molar refractivity (Wildman–Crippen MR) is 96.5 cm³/mol. The largest absolute Gasteiger partial charge is 0.464 e. The predicted octanol–water partition coefficient (Wildman–Crippen LogP) is 3.79. The number of hydrogen-bond acceptors (Lipinski definition) is 3. The molecule has 0 saturated carbocycles. The fourth-order valence-electron chi connectivity index (χ4n) is 4.33. The molecule has 126 valence electrons.